The third kappa shape index (κ3) is 5.55. The predicted octanol–water partition coefficient (Wildman–Crippen LogP) is 1.98. The molecule has 134 valence electrons. The lowest BCUT2D eigenvalue weighted by atomic mass is 10.1. The third-order valence-corrected chi connectivity index (χ3v) is 3.12. The number of carbonyl (C=O) groups excluding carboxylic acids is 3. The Morgan fingerprint density at radius 1 is 1.20 bits per heavy atom. The Labute approximate surface area is 145 Å². The van der Waals surface area contributed by atoms with Crippen molar-refractivity contribution in [3.63, 3.8) is 0 Å². The van der Waals surface area contributed by atoms with E-state index in [0.29, 0.717) is 17.9 Å². The van der Waals surface area contributed by atoms with Gasteiger partial charge in [0.05, 0.1) is 11.9 Å². The molecule has 25 heavy (non-hydrogen) atoms. The van der Waals surface area contributed by atoms with E-state index in [1.54, 1.807) is 26.8 Å². The summed E-state index contributed by atoms with van der Waals surface area (Å²) < 4.78 is 5.13. The van der Waals surface area contributed by atoms with E-state index in [1.165, 1.54) is 19.3 Å². The number of nitrogens with one attached hydrogen (secondary N) is 2. The number of hydrazone groups is 1. The molecule has 0 fully saturated rings. The van der Waals surface area contributed by atoms with Crippen LogP contribution in [0.2, 0.25) is 0 Å². The fraction of sp³-hybridized carbons (Fsp3) is 0.438. The molecule has 0 unspecified atom stereocenters. The van der Waals surface area contributed by atoms with Gasteiger partial charge in [-0.2, -0.15) is 5.10 Å². The number of pyridine rings is 1. The highest BCUT2D eigenvalue weighted by molar-refractivity contribution is 6.43. The first kappa shape index (κ1) is 18.4. The second-order valence-electron chi connectivity index (χ2n) is 6.48. The molecule has 0 atom stereocenters. The van der Waals surface area contributed by atoms with Crippen molar-refractivity contribution >= 4 is 35.1 Å². The zero-order valence-corrected chi connectivity index (χ0v) is 14.6. The normalized spacial score (nSPS) is 14.6. The molecule has 9 nitrogen and oxygen atoms in total. The summed E-state index contributed by atoms with van der Waals surface area (Å²) in [5.74, 6) is -0.225. The number of carbonyl (C=O) groups is 3. The molecule has 0 saturated heterocycles. The van der Waals surface area contributed by atoms with Gasteiger partial charge in [-0.05, 0) is 32.9 Å². The molecule has 1 aliphatic heterocycles. The molecule has 0 aliphatic carbocycles. The van der Waals surface area contributed by atoms with Gasteiger partial charge >= 0.3 is 6.09 Å². The van der Waals surface area contributed by atoms with E-state index in [0.717, 1.165) is 5.01 Å². The van der Waals surface area contributed by atoms with Crippen molar-refractivity contribution in [3.05, 3.63) is 18.3 Å². The number of nitrogens with zero attached hydrogens (tertiary/aromatic N) is 3. The highest BCUT2D eigenvalue weighted by Gasteiger charge is 2.22. The minimum Gasteiger partial charge on any atom is -0.444 e. The topological polar surface area (TPSA) is 113 Å². The summed E-state index contributed by atoms with van der Waals surface area (Å²) >= 11 is 0. The molecule has 0 bridgehead atoms. The highest BCUT2D eigenvalue weighted by atomic mass is 16.6. The van der Waals surface area contributed by atoms with Crippen LogP contribution in [0.25, 0.3) is 0 Å². The largest absolute Gasteiger partial charge is 0.444 e. The maximum Gasteiger partial charge on any atom is 0.413 e. The van der Waals surface area contributed by atoms with Gasteiger partial charge in [-0.15, -0.1) is 0 Å². The number of hydrogen-bond acceptors (Lipinski definition) is 6. The average Bonchev–Trinajstić information content (AvgIpc) is 2.50. The van der Waals surface area contributed by atoms with Crippen LogP contribution in [-0.2, 0) is 14.3 Å². The van der Waals surface area contributed by atoms with Crippen LogP contribution in [0.4, 0.5) is 16.3 Å². The monoisotopic (exact) mass is 347 g/mol. The maximum atomic E-state index is 12.1. The predicted molar refractivity (Wildman–Crippen MR) is 92.2 cm³/mol. The standard InChI is InChI=1S/C16H21N5O4/c1-16(2,3)25-15(24)19-12-7-5-10(9-17-12)18-14(23)11-6-8-13(22)21(4)20-11/h5,7,9H,6,8H2,1-4H3,(H,18,23)(H,17,19,24). The zero-order valence-electron chi connectivity index (χ0n) is 14.6. The van der Waals surface area contributed by atoms with Crippen molar-refractivity contribution in [3.8, 4) is 0 Å². The molecule has 0 radical (unpaired) electrons. The number of aromatic nitrogens is 1. The van der Waals surface area contributed by atoms with Gasteiger partial charge < -0.3 is 10.1 Å². The molecule has 2 heterocycles. The summed E-state index contributed by atoms with van der Waals surface area (Å²) in [7, 11) is 1.51. The van der Waals surface area contributed by atoms with Crippen LogP contribution in [0.5, 0.6) is 0 Å². The second kappa shape index (κ2) is 7.29. The lowest BCUT2D eigenvalue weighted by molar-refractivity contribution is -0.130. The summed E-state index contributed by atoms with van der Waals surface area (Å²) in [5, 5.41) is 10.3. The molecular formula is C16H21N5O4. The molecule has 2 N–H and O–H groups in total. The van der Waals surface area contributed by atoms with Gasteiger partial charge in [-0.3, -0.25) is 14.9 Å². The molecule has 1 aromatic rings. The van der Waals surface area contributed by atoms with Gasteiger partial charge in [-0.1, -0.05) is 0 Å². The fourth-order valence-corrected chi connectivity index (χ4v) is 1.99. The summed E-state index contributed by atoms with van der Waals surface area (Å²) in [6.07, 6.45) is 1.34. The first-order valence-corrected chi connectivity index (χ1v) is 7.75. The van der Waals surface area contributed by atoms with Crippen LogP contribution >= 0.6 is 0 Å². The SMILES string of the molecule is CN1N=C(C(=O)Nc2ccc(NC(=O)OC(C)(C)C)nc2)CCC1=O. The van der Waals surface area contributed by atoms with E-state index < -0.39 is 17.6 Å². The molecule has 1 aromatic heterocycles. The quantitative estimate of drug-likeness (QED) is 0.868. The van der Waals surface area contributed by atoms with E-state index in [4.69, 9.17) is 4.74 Å². The van der Waals surface area contributed by atoms with E-state index in [2.05, 4.69) is 20.7 Å². The maximum absolute atomic E-state index is 12.1. The van der Waals surface area contributed by atoms with Crippen LogP contribution in [0.1, 0.15) is 33.6 Å². The van der Waals surface area contributed by atoms with Gasteiger partial charge in [0.25, 0.3) is 5.91 Å². The molecular weight excluding hydrogens is 326 g/mol. The minimum absolute atomic E-state index is 0.129. The Morgan fingerprint density at radius 2 is 1.92 bits per heavy atom. The van der Waals surface area contributed by atoms with E-state index >= 15 is 0 Å². The van der Waals surface area contributed by atoms with Crippen molar-refractivity contribution in [2.75, 3.05) is 17.7 Å². The Kier molecular flexibility index (Phi) is 5.35. The molecule has 0 spiro atoms. The Bertz CT molecular complexity index is 706. The van der Waals surface area contributed by atoms with Gasteiger partial charge in [0.1, 0.15) is 17.1 Å². The van der Waals surface area contributed by atoms with Gasteiger partial charge in [0.2, 0.25) is 5.91 Å². The van der Waals surface area contributed by atoms with Gasteiger partial charge in [0.15, 0.2) is 0 Å². The smallest absolute Gasteiger partial charge is 0.413 e. The molecule has 3 amide bonds. The molecule has 0 saturated carbocycles. The molecule has 9 heteroatoms. The first-order chi connectivity index (χ1) is 11.6. The summed E-state index contributed by atoms with van der Waals surface area (Å²) in [6.45, 7) is 5.28. The summed E-state index contributed by atoms with van der Waals surface area (Å²) in [5.41, 5.74) is 0.118. The Morgan fingerprint density at radius 3 is 2.48 bits per heavy atom. The molecule has 0 aromatic carbocycles. The van der Waals surface area contributed by atoms with Crippen LogP contribution in [0.15, 0.2) is 23.4 Å². The van der Waals surface area contributed by atoms with Crippen molar-refractivity contribution in [2.45, 2.75) is 39.2 Å². The highest BCUT2D eigenvalue weighted by Crippen LogP contribution is 2.14. The fourth-order valence-electron chi connectivity index (χ4n) is 1.99. The van der Waals surface area contributed by atoms with Crippen molar-refractivity contribution < 1.29 is 19.1 Å². The number of anilines is 2. The van der Waals surface area contributed by atoms with Crippen molar-refractivity contribution in [2.24, 2.45) is 5.10 Å². The van der Waals surface area contributed by atoms with E-state index in [9.17, 15) is 14.4 Å². The Balaban J connectivity index is 1.94. The second-order valence-corrected chi connectivity index (χ2v) is 6.48. The van der Waals surface area contributed by atoms with Crippen LogP contribution < -0.4 is 10.6 Å². The summed E-state index contributed by atoms with van der Waals surface area (Å²) in [4.78, 5) is 39.2. The average molecular weight is 347 g/mol. The van der Waals surface area contributed by atoms with Crippen LogP contribution in [0.3, 0.4) is 0 Å². The van der Waals surface area contributed by atoms with Crippen molar-refractivity contribution in [1.29, 1.82) is 0 Å². The van der Waals surface area contributed by atoms with Crippen LogP contribution in [0, 0.1) is 0 Å². The number of hydrogen-bond donors (Lipinski definition) is 2. The zero-order chi connectivity index (χ0) is 18.6. The number of ether oxygens (including phenoxy) is 1. The lowest BCUT2D eigenvalue weighted by Gasteiger charge is -2.19. The van der Waals surface area contributed by atoms with Crippen molar-refractivity contribution in [1.82, 2.24) is 9.99 Å². The van der Waals surface area contributed by atoms with E-state index in [-0.39, 0.29) is 18.0 Å². The van der Waals surface area contributed by atoms with Gasteiger partial charge in [-0.25, -0.2) is 14.8 Å². The third-order valence-electron chi connectivity index (χ3n) is 3.12. The Hall–Kier alpha value is -2.97. The number of amides is 3. The molecule has 2 rings (SSSR count). The van der Waals surface area contributed by atoms with Crippen LogP contribution in [-0.4, -0.2) is 46.3 Å². The first-order valence-electron chi connectivity index (χ1n) is 7.75. The number of rotatable bonds is 3. The lowest BCUT2D eigenvalue weighted by Crippen LogP contribution is -2.34. The summed E-state index contributed by atoms with van der Waals surface area (Å²) in [6, 6.07) is 3.13. The minimum atomic E-state index is -0.610. The van der Waals surface area contributed by atoms with Gasteiger partial charge in [0, 0.05) is 19.9 Å². The molecule has 1 aliphatic rings. The van der Waals surface area contributed by atoms with E-state index in [1.807, 2.05) is 0 Å².